The number of likely N-dealkylation sites (tertiary alicyclic amines) is 1. The number of carbonyl (C=O) groups excluding carboxylic acids is 2. The van der Waals surface area contributed by atoms with E-state index in [-0.39, 0.29) is 19.7 Å². The van der Waals surface area contributed by atoms with Crippen LogP contribution in [-0.2, 0) is 20.9 Å². The lowest BCUT2D eigenvalue weighted by atomic mass is 9.87. The summed E-state index contributed by atoms with van der Waals surface area (Å²) in [7, 11) is 0. The Balaban J connectivity index is 1.96. The molecule has 1 aromatic carbocycles. The van der Waals surface area contributed by atoms with Crippen LogP contribution in [0, 0.1) is 5.41 Å². The number of ether oxygens (including phenoxy) is 2. The molecule has 0 bridgehead atoms. The van der Waals surface area contributed by atoms with Crippen molar-refractivity contribution >= 4 is 12.1 Å². The van der Waals surface area contributed by atoms with E-state index in [2.05, 4.69) is 0 Å². The van der Waals surface area contributed by atoms with Crippen molar-refractivity contribution in [3.63, 3.8) is 0 Å². The first-order valence-corrected chi connectivity index (χ1v) is 7.99. The van der Waals surface area contributed by atoms with Crippen LogP contribution in [0.1, 0.15) is 33.3 Å². The summed E-state index contributed by atoms with van der Waals surface area (Å²) in [5.41, 5.74) is -0.930. The van der Waals surface area contributed by atoms with Crippen LogP contribution in [-0.4, -0.2) is 46.9 Å². The summed E-state index contributed by atoms with van der Waals surface area (Å²) in [6, 6.07) is 9.33. The number of aliphatic hydroxyl groups excluding tert-OH is 1. The van der Waals surface area contributed by atoms with Gasteiger partial charge in [0.2, 0.25) is 0 Å². The van der Waals surface area contributed by atoms with Gasteiger partial charge in [-0.3, -0.25) is 4.79 Å². The number of aliphatic hydroxyl groups is 1. The van der Waals surface area contributed by atoms with Crippen molar-refractivity contribution < 1.29 is 24.2 Å². The van der Waals surface area contributed by atoms with Crippen molar-refractivity contribution in [1.29, 1.82) is 0 Å². The van der Waals surface area contributed by atoms with Crippen molar-refractivity contribution in [2.45, 2.75) is 46.0 Å². The summed E-state index contributed by atoms with van der Waals surface area (Å²) in [5.74, 6) is -0.513. The van der Waals surface area contributed by atoms with Crippen LogP contribution in [0.15, 0.2) is 30.3 Å². The highest BCUT2D eigenvalue weighted by molar-refractivity contribution is 5.80. The lowest BCUT2D eigenvalue weighted by molar-refractivity contribution is -0.170. The van der Waals surface area contributed by atoms with Gasteiger partial charge < -0.3 is 19.5 Å². The molecule has 24 heavy (non-hydrogen) atoms. The molecule has 2 atom stereocenters. The van der Waals surface area contributed by atoms with Gasteiger partial charge in [0, 0.05) is 6.54 Å². The fraction of sp³-hybridized carbons (Fsp3) is 0.556. The fourth-order valence-electron chi connectivity index (χ4n) is 2.52. The summed E-state index contributed by atoms with van der Waals surface area (Å²) in [4.78, 5) is 25.9. The smallest absolute Gasteiger partial charge is 0.410 e. The van der Waals surface area contributed by atoms with Crippen LogP contribution in [0.25, 0.3) is 0 Å². The molecule has 1 fully saturated rings. The van der Waals surface area contributed by atoms with E-state index in [0.29, 0.717) is 0 Å². The van der Waals surface area contributed by atoms with Gasteiger partial charge in [-0.15, -0.1) is 0 Å². The lowest BCUT2D eigenvalue weighted by Gasteiger charge is -2.29. The fourth-order valence-corrected chi connectivity index (χ4v) is 2.52. The predicted molar refractivity (Wildman–Crippen MR) is 88.2 cm³/mol. The van der Waals surface area contributed by atoms with E-state index >= 15 is 0 Å². The number of carbonyl (C=O) groups is 2. The molecule has 1 aliphatic rings. The van der Waals surface area contributed by atoms with Crippen LogP contribution < -0.4 is 0 Å². The van der Waals surface area contributed by atoms with Gasteiger partial charge in [-0.1, -0.05) is 30.3 Å². The highest BCUT2D eigenvalue weighted by atomic mass is 16.6. The molecule has 132 valence electrons. The Morgan fingerprint density at radius 2 is 1.92 bits per heavy atom. The topological polar surface area (TPSA) is 76.1 Å². The Bertz CT molecular complexity index is 595. The first-order chi connectivity index (χ1) is 11.1. The van der Waals surface area contributed by atoms with Crippen molar-refractivity contribution in [2.24, 2.45) is 5.41 Å². The summed E-state index contributed by atoms with van der Waals surface area (Å²) in [6.07, 6.45) is -1.54. The molecule has 1 N–H and O–H groups in total. The highest BCUT2D eigenvalue weighted by Crippen LogP contribution is 2.33. The Morgan fingerprint density at radius 3 is 2.50 bits per heavy atom. The Kier molecular flexibility index (Phi) is 5.18. The van der Waals surface area contributed by atoms with Crippen LogP contribution in [0.4, 0.5) is 4.79 Å². The quantitative estimate of drug-likeness (QED) is 0.858. The van der Waals surface area contributed by atoms with Gasteiger partial charge in [-0.2, -0.15) is 0 Å². The van der Waals surface area contributed by atoms with Crippen LogP contribution >= 0.6 is 0 Å². The monoisotopic (exact) mass is 335 g/mol. The molecule has 6 heteroatoms. The summed E-state index contributed by atoms with van der Waals surface area (Å²) in [6.45, 7) is 7.16. The van der Waals surface area contributed by atoms with Gasteiger partial charge >= 0.3 is 12.1 Å². The van der Waals surface area contributed by atoms with Gasteiger partial charge in [0.25, 0.3) is 0 Å². The molecule has 1 heterocycles. The minimum absolute atomic E-state index is 0.0450. The largest absolute Gasteiger partial charge is 0.459 e. The number of esters is 1. The molecule has 6 nitrogen and oxygen atoms in total. The summed E-state index contributed by atoms with van der Waals surface area (Å²) < 4.78 is 10.6. The highest BCUT2D eigenvalue weighted by Gasteiger charge is 2.51. The predicted octanol–water partition coefficient (Wildman–Crippen LogP) is 2.35. The van der Waals surface area contributed by atoms with Gasteiger partial charge in [0.05, 0.1) is 12.6 Å². The molecule has 1 aromatic rings. The molecule has 0 radical (unpaired) electrons. The van der Waals surface area contributed by atoms with Gasteiger partial charge in [0.15, 0.2) is 0 Å². The van der Waals surface area contributed by atoms with Gasteiger partial charge in [0.1, 0.15) is 17.6 Å². The molecule has 2 rings (SSSR count). The molecular weight excluding hydrogens is 310 g/mol. The first kappa shape index (κ1) is 18.3. The van der Waals surface area contributed by atoms with E-state index in [1.165, 1.54) is 4.90 Å². The van der Waals surface area contributed by atoms with E-state index in [4.69, 9.17) is 9.47 Å². The van der Waals surface area contributed by atoms with Gasteiger partial charge in [-0.05, 0) is 33.3 Å². The standard InChI is InChI=1S/C18H25NO5/c1-17(2,3)24-15(21)18(4)12-19(10-14(18)20)16(22)23-11-13-8-6-5-7-9-13/h5-9,14,20H,10-12H2,1-4H3/t14?,18-/m0/s1. The molecule has 0 aromatic heterocycles. The molecule has 0 saturated carbocycles. The number of β-amino-alcohol motifs (C(OH)–C–C–N with tert-alkyl or cyclic N) is 1. The maximum atomic E-state index is 12.4. The average molecular weight is 335 g/mol. The van der Waals surface area contributed by atoms with Crippen LogP contribution in [0.5, 0.6) is 0 Å². The van der Waals surface area contributed by atoms with E-state index in [0.717, 1.165) is 5.56 Å². The van der Waals surface area contributed by atoms with E-state index < -0.39 is 29.2 Å². The molecule has 1 amide bonds. The number of benzene rings is 1. The third-order valence-electron chi connectivity index (χ3n) is 3.98. The Hall–Kier alpha value is -2.08. The maximum absolute atomic E-state index is 12.4. The third-order valence-corrected chi connectivity index (χ3v) is 3.98. The zero-order valence-electron chi connectivity index (χ0n) is 14.6. The van der Waals surface area contributed by atoms with Gasteiger partial charge in [-0.25, -0.2) is 4.79 Å². The van der Waals surface area contributed by atoms with E-state index in [9.17, 15) is 14.7 Å². The van der Waals surface area contributed by atoms with Crippen molar-refractivity contribution in [2.75, 3.05) is 13.1 Å². The lowest BCUT2D eigenvalue weighted by Crippen LogP contribution is -2.43. The molecule has 1 unspecified atom stereocenters. The summed E-state index contributed by atoms with van der Waals surface area (Å²) >= 11 is 0. The van der Waals surface area contributed by atoms with Crippen molar-refractivity contribution in [3.05, 3.63) is 35.9 Å². The number of rotatable bonds is 3. The second-order valence-corrected chi connectivity index (χ2v) is 7.36. The van der Waals surface area contributed by atoms with E-state index in [1.54, 1.807) is 27.7 Å². The Labute approximate surface area is 142 Å². The first-order valence-electron chi connectivity index (χ1n) is 7.99. The molecule has 1 saturated heterocycles. The zero-order chi connectivity index (χ0) is 18.0. The van der Waals surface area contributed by atoms with Crippen molar-refractivity contribution in [1.82, 2.24) is 4.90 Å². The Morgan fingerprint density at radius 1 is 1.29 bits per heavy atom. The van der Waals surface area contributed by atoms with Crippen LogP contribution in [0.2, 0.25) is 0 Å². The number of hydrogen-bond acceptors (Lipinski definition) is 5. The van der Waals surface area contributed by atoms with Crippen molar-refractivity contribution in [3.8, 4) is 0 Å². The normalized spacial score (nSPS) is 23.9. The maximum Gasteiger partial charge on any atom is 0.410 e. The van der Waals surface area contributed by atoms with Crippen LogP contribution in [0.3, 0.4) is 0 Å². The average Bonchev–Trinajstić information content (AvgIpc) is 2.81. The SMILES string of the molecule is CC(C)(C)OC(=O)[C@@]1(C)CN(C(=O)OCc2ccccc2)CC1O. The second kappa shape index (κ2) is 6.81. The molecule has 1 aliphatic heterocycles. The minimum Gasteiger partial charge on any atom is -0.459 e. The molecular formula is C18H25NO5. The van der Waals surface area contributed by atoms with E-state index in [1.807, 2.05) is 30.3 Å². The second-order valence-electron chi connectivity index (χ2n) is 7.36. The molecule has 0 aliphatic carbocycles. The molecule has 0 spiro atoms. The number of amides is 1. The minimum atomic E-state index is -1.15. The zero-order valence-corrected chi connectivity index (χ0v) is 14.6. The third kappa shape index (κ3) is 4.26. The number of hydrogen-bond donors (Lipinski definition) is 1. The number of nitrogens with zero attached hydrogens (tertiary/aromatic N) is 1. The summed E-state index contributed by atoms with van der Waals surface area (Å²) in [5, 5.41) is 10.3.